The Hall–Kier alpha value is -0.980. The average molecular weight is 293 g/mol. The van der Waals surface area contributed by atoms with Gasteiger partial charge in [-0.1, -0.05) is 11.6 Å². The first-order chi connectivity index (χ1) is 10.3. The maximum atomic E-state index is 5.82. The fourth-order valence-corrected chi connectivity index (χ4v) is 2.80. The number of nitrogens with one attached hydrogen (secondary N) is 1. The van der Waals surface area contributed by atoms with Gasteiger partial charge in [-0.3, -0.25) is 0 Å². The fraction of sp³-hybridized carbons (Fsp3) is 0.867. The Kier molecular flexibility index (Phi) is 5.22. The number of piperidine rings is 1. The van der Waals surface area contributed by atoms with Gasteiger partial charge in [0, 0.05) is 24.8 Å². The van der Waals surface area contributed by atoms with Crippen LogP contribution in [0.15, 0.2) is 6.20 Å². The number of hydrogen-bond donors (Lipinski definition) is 1. The summed E-state index contributed by atoms with van der Waals surface area (Å²) >= 11 is 0. The van der Waals surface area contributed by atoms with Crippen molar-refractivity contribution in [1.29, 1.82) is 0 Å². The molecular weight excluding hydrogens is 266 g/mol. The molecule has 1 saturated heterocycles. The van der Waals surface area contributed by atoms with Gasteiger partial charge in [-0.25, -0.2) is 4.68 Å². The highest BCUT2D eigenvalue weighted by atomic mass is 16.5. The van der Waals surface area contributed by atoms with Crippen LogP contribution < -0.4 is 5.32 Å². The summed E-state index contributed by atoms with van der Waals surface area (Å²) in [6.07, 6.45) is 8.54. The van der Waals surface area contributed by atoms with Crippen molar-refractivity contribution in [3.05, 3.63) is 11.9 Å². The number of likely N-dealkylation sites (tertiary alicyclic amines) is 1. The van der Waals surface area contributed by atoms with E-state index in [2.05, 4.69) is 27.6 Å². The van der Waals surface area contributed by atoms with E-state index in [1.54, 1.807) is 0 Å². The summed E-state index contributed by atoms with van der Waals surface area (Å²) in [6, 6.07) is 1.30. The summed E-state index contributed by atoms with van der Waals surface area (Å²) in [5.41, 5.74) is 1.02. The Balaban J connectivity index is 1.31. The molecule has 2 heterocycles. The van der Waals surface area contributed by atoms with Gasteiger partial charge in [-0.15, -0.1) is 5.10 Å². The number of ether oxygens (including phenoxy) is 1. The monoisotopic (exact) mass is 293 g/mol. The van der Waals surface area contributed by atoms with Crippen LogP contribution in [0.3, 0.4) is 0 Å². The van der Waals surface area contributed by atoms with Crippen LogP contribution in [0.2, 0.25) is 0 Å². The molecule has 6 heteroatoms. The largest absolute Gasteiger partial charge is 0.378 e. The first kappa shape index (κ1) is 14.9. The zero-order valence-electron chi connectivity index (χ0n) is 13.0. The number of rotatable bonds is 8. The first-order valence-electron chi connectivity index (χ1n) is 8.21. The maximum Gasteiger partial charge on any atom is 0.0964 e. The molecule has 3 rings (SSSR count). The van der Waals surface area contributed by atoms with Crippen molar-refractivity contribution >= 4 is 0 Å². The second-order valence-corrected chi connectivity index (χ2v) is 6.33. The zero-order chi connectivity index (χ0) is 14.5. The lowest BCUT2D eigenvalue weighted by atomic mass is 10.0. The van der Waals surface area contributed by atoms with E-state index in [-0.39, 0.29) is 0 Å². The Morgan fingerprint density at radius 3 is 3.05 bits per heavy atom. The fourth-order valence-electron chi connectivity index (χ4n) is 2.80. The molecular formula is C15H27N5O. The number of aromatic nitrogens is 3. The van der Waals surface area contributed by atoms with Gasteiger partial charge in [0.1, 0.15) is 0 Å². The second-order valence-electron chi connectivity index (χ2n) is 6.33. The van der Waals surface area contributed by atoms with Crippen molar-refractivity contribution in [3.8, 4) is 0 Å². The van der Waals surface area contributed by atoms with Gasteiger partial charge < -0.3 is 15.0 Å². The van der Waals surface area contributed by atoms with Gasteiger partial charge in [0.15, 0.2) is 0 Å². The topological polar surface area (TPSA) is 55.2 Å². The van der Waals surface area contributed by atoms with Crippen molar-refractivity contribution in [2.45, 2.75) is 57.3 Å². The molecule has 1 aliphatic heterocycles. The van der Waals surface area contributed by atoms with Crippen molar-refractivity contribution in [1.82, 2.24) is 25.2 Å². The molecule has 1 saturated carbocycles. The molecule has 2 fully saturated rings. The minimum absolute atomic E-state index is 0.591. The van der Waals surface area contributed by atoms with Gasteiger partial charge in [-0.05, 0) is 39.3 Å². The highest BCUT2D eigenvalue weighted by molar-refractivity contribution is 4.94. The summed E-state index contributed by atoms with van der Waals surface area (Å²) in [7, 11) is 2.20. The third-order valence-corrected chi connectivity index (χ3v) is 4.43. The molecule has 6 nitrogen and oxygen atoms in total. The van der Waals surface area contributed by atoms with Crippen LogP contribution in [0.4, 0.5) is 0 Å². The van der Waals surface area contributed by atoms with E-state index >= 15 is 0 Å². The molecule has 0 radical (unpaired) electrons. The van der Waals surface area contributed by atoms with Gasteiger partial charge in [-0.2, -0.15) is 0 Å². The maximum absolute atomic E-state index is 5.82. The smallest absolute Gasteiger partial charge is 0.0964 e. The third kappa shape index (κ3) is 4.76. The van der Waals surface area contributed by atoms with Crippen LogP contribution in [0, 0.1) is 0 Å². The van der Waals surface area contributed by atoms with Crippen LogP contribution in [0.25, 0.3) is 0 Å². The van der Waals surface area contributed by atoms with Crippen molar-refractivity contribution in [2.75, 3.05) is 26.8 Å². The second kappa shape index (κ2) is 7.33. The lowest BCUT2D eigenvalue weighted by molar-refractivity contribution is 0.0482. The SMILES string of the molecule is CN1CCCCC1COCCn1cc(CNC2CC2)nn1. The van der Waals surface area contributed by atoms with E-state index in [1.165, 1.54) is 38.6 Å². The van der Waals surface area contributed by atoms with E-state index in [4.69, 9.17) is 4.74 Å². The highest BCUT2D eigenvalue weighted by Crippen LogP contribution is 2.18. The van der Waals surface area contributed by atoms with Gasteiger partial charge >= 0.3 is 0 Å². The standard InChI is InChI=1S/C15H27N5O/c1-19-7-3-2-4-15(19)12-21-9-8-20-11-14(17-18-20)10-16-13-5-6-13/h11,13,15-16H,2-10,12H2,1H3. The first-order valence-corrected chi connectivity index (χ1v) is 8.21. The van der Waals surface area contributed by atoms with E-state index in [1.807, 2.05) is 10.9 Å². The predicted molar refractivity (Wildman–Crippen MR) is 81.0 cm³/mol. The molecule has 0 aromatic carbocycles. The molecule has 1 aliphatic carbocycles. The number of likely N-dealkylation sites (N-methyl/N-ethyl adjacent to an activating group) is 1. The van der Waals surface area contributed by atoms with Crippen LogP contribution in [-0.4, -0.2) is 58.8 Å². The molecule has 21 heavy (non-hydrogen) atoms. The predicted octanol–water partition coefficient (Wildman–Crippen LogP) is 1.03. The van der Waals surface area contributed by atoms with Crippen LogP contribution in [-0.2, 0) is 17.8 Å². The van der Waals surface area contributed by atoms with Crippen LogP contribution in [0.1, 0.15) is 37.8 Å². The summed E-state index contributed by atoms with van der Waals surface area (Å²) in [6.45, 7) is 4.37. The molecule has 1 N–H and O–H groups in total. The molecule has 0 spiro atoms. The minimum atomic E-state index is 0.591. The summed E-state index contributed by atoms with van der Waals surface area (Å²) < 4.78 is 7.70. The van der Waals surface area contributed by atoms with Gasteiger partial charge in [0.25, 0.3) is 0 Å². The summed E-state index contributed by atoms with van der Waals surface area (Å²) in [5.74, 6) is 0. The van der Waals surface area contributed by atoms with E-state index in [9.17, 15) is 0 Å². The van der Waals surface area contributed by atoms with E-state index in [0.717, 1.165) is 25.4 Å². The normalized spacial score (nSPS) is 23.6. The minimum Gasteiger partial charge on any atom is -0.378 e. The third-order valence-electron chi connectivity index (χ3n) is 4.43. The lowest BCUT2D eigenvalue weighted by Gasteiger charge is -2.32. The molecule has 1 aromatic rings. The van der Waals surface area contributed by atoms with Crippen molar-refractivity contribution in [2.24, 2.45) is 0 Å². The molecule has 2 aliphatic rings. The Labute approximate surface area is 126 Å². The Morgan fingerprint density at radius 2 is 2.24 bits per heavy atom. The van der Waals surface area contributed by atoms with Crippen molar-refractivity contribution in [3.63, 3.8) is 0 Å². The Bertz CT molecular complexity index is 431. The van der Waals surface area contributed by atoms with Gasteiger partial charge in [0.2, 0.25) is 0 Å². The highest BCUT2D eigenvalue weighted by Gasteiger charge is 2.20. The molecule has 1 unspecified atom stereocenters. The number of hydrogen-bond acceptors (Lipinski definition) is 5. The van der Waals surface area contributed by atoms with E-state index < -0.39 is 0 Å². The molecule has 118 valence electrons. The Morgan fingerprint density at radius 1 is 1.33 bits per heavy atom. The average Bonchev–Trinajstić information content (AvgIpc) is 3.22. The van der Waals surface area contributed by atoms with Crippen molar-refractivity contribution < 1.29 is 4.74 Å². The van der Waals surface area contributed by atoms with Crippen LogP contribution >= 0.6 is 0 Å². The molecule has 1 atom stereocenters. The summed E-state index contributed by atoms with van der Waals surface area (Å²) in [4.78, 5) is 2.42. The molecule has 1 aromatic heterocycles. The molecule has 0 bridgehead atoms. The quantitative estimate of drug-likeness (QED) is 0.726. The number of nitrogens with zero attached hydrogens (tertiary/aromatic N) is 4. The lowest BCUT2D eigenvalue weighted by Crippen LogP contribution is -2.39. The zero-order valence-corrected chi connectivity index (χ0v) is 13.0. The molecule has 0 amide bonds. The van der Waals surface area contributed by atoms with E-state index in [0.29, 0.717) is 18.7 Å². The summed E-state index contributed by atoms with van der Waals surface area (Å²) in [5, 5.41) is 11.8. The van der Waals surface area contributed by atoms with Gasteiger partial charge in [0.05, 0.1) is 25.5 Å². The van der Waals surface area contributed by atoms with Crippen LogP contribution in [0.5, 0.6) is 0 Å².